The van der Waals surface area contributed by atoms with Gasteiger partial charge in [0.25, 0.3) is 0 Å². The fourth-order valence-electron chi connectivity index (χ4n) is 2.95. The molecule has 0 spiro atoms. The van der Waals surface area contributed by atoms with E-state index in [1.807, 2.05) is 24.0 Å². The van der Waals surface area contributed by atoms with Gasteiger partial charge in [-0.3, -0.25) is 9.59 Å². The molecule has 2 aliphatic heterocycles. The molecule has 23 heavy (non-hydrogen) atoms. The number of hydrogen-bond acceptors (Lipinski definition) is 4. The number of aromatic nitrogens is 1. The second-order valence-electron chi connectivity index (χ2n) is 6.13. The predicted octanol–water partition coefficient (Wildman–Crippen LogP) is 1.21. The highest BCUT2D eigenvalue weighted by molar-refractivity contribution is 5.92. The zero-order chi connectivity index (χ0) is 15.5. The first-order valence-electron chi connectivity index (χ1n) is 7.87. The number of rotatable bonds is 3. The Balaban J connectivity index is 0.00000192. The van der Waals surface area contributed by atoms with Gasteiger partial charge in [-0.25, -0.2) is 4.98 Å². The van der Waals surface area contributed by atoms with Crippen LogP contribution in [-0.2, 0) is 9.59 Å². The van der Waals surface area contributed by atoms with E-state index in [4.69, 9.17) is 0 Å². The van der Waals surface area contributed by atoms with Gasteiger partial charge in [0.05, 0.1) is 11.8 Å². The lowest BCUT2D eigenvalue weighted by atomic mass is 9.94. The van der Waals surface area contributed by atoms with Gasteiger partial charge < -0.3 is 15.5 Å². The molecule has 0 radical (unpaired) electrons. The van der Waals surface area contributed by atoms with Crippen molar-refractivity contribution in [2.24, 2.45) is 11.8 Å². The van der Waals surface area contributed by atoms with E-state index in [0.717, 1.165) is 38.2 Å². The van der Waals surface area contributed by atoms with Crippen molar-refractivity contribution < 1.29 is 9.59 Å². The Kier molecular flexibility index (Phi) is 5.96. The molecule has 1 aromatic rings. The lowest BCUT2D eigenvalue weighted by Gasteiger charge is -2.37. The van der Waals surface area contributed by atoms with Crippen molar-refractivity contribution in [2.45, 2.75) is 19.8 Å². The number of nitrogens with one attached hydrogen (secondary N) is 2. The van der Waals surface area contributed by atoms with Crippen LogP contribution < -0.4 is 10.6 Å². The lowest BCUT2D eigenvalue weighted by molar-refractivity contribution is -0.140. The van der Waals surface area contributed by atoms with Gasteiger partial charge in [-0.15, -0.1) is 12.4 Å². The van der Waals surface area contributed by atoms with Crippen molar-refractivity contribution in [3.8, 4) is 0 Å². The number of nitrogens with zero attached hydrogens (tertiary/aromatic N) is 2. The van der Waals surface area contributed by atoms with Crippen LogP contribution in [0, 0.1) is 18.8 Å². The Bertz CT molecular complexity index is 577. The average molecular weight is 339 g/mol. The predicted molar refractivity (Wildman–Crippen MR) is 90.5 cm³/mol. The molecule has 3 heterocycles. The molecule has 2 aliphatic rings. The van der Waals surface area contributed by atoms with Gasteiger partial charge in [0.2, 0.25) is 11.8 Å². The highest BCUT2D eigenvalue weighted by atomic mass is 35.5. The van der Waals surface area contributed by atoms with Crippen molar-refractivity contribution in [2.75, 3.05) is 31.5 Å². The van der Waals surface area contributed by atoms with Gasteiger partial charge in [0.15, 0.2) is 0 Å². The van der Waals surface area contributed by atoms with Gasteiger partial charge in [0.1, 0.15) is 5.82 Å². The van der Waals surface area contributed by atoms with E-state index in [1.54, 1.807) is 6.07 Å². The van der Waals surface area contributed by atoms with Crippen LogP contribution in [0.25, 0.3) is 0 Å². The Morgan fingerprint density at radius 3 is 2.74 bits per heavy atom. The molecule has 1 atom stereocenters. The number of pyridine rings is 1. The van der Waals surface area contributed by atoms with E-state index in [9.17, 15) is 9.59 Å². The summed E-state index contributed by atoms with van der Waals surface area (Å²) >= 11 is 0. The van der Waals surface area contributed by atoms with Crippen LogP contribution in [-0.4, -0.2) is 47.9 Å². The molecule has 0 saturated carbocycles. The fraction of sp³-hybridized carbons (Fsp3) is 0.562. The molecule has 126 valence electrons. The van der Waals surface area contributed by atoms with Crippen molar-refractivity contribution in [3.05, 3.63) is 23.9 Å². The molecule has 1 aromatic heterocycles. The SMILES string of the molecule is Cc1cccc(NC(=O)C2CCCN(C(=O)C3CNC3)C2)n1.Cl. The number of anilines is 1. The van der Waals surface area contributed by atoms with Gasteiger partial charge in [-0.1, -0.05) is 6.07 Å². The van der Waals surface area contributed by atoms with Crippen LogP contribution in [0.4, 0.5) is 5.82 Å². The minimum atomic E-state index is -0.145. The summed E-state index contributed by atoms with van der Waals surface area (Å²) in [6.07, 6.45) is 1.70. The minimum absolute atomic E-state index is 0. The summed E-state index contributed by atoms with van der Waals surface area (Å²) in [5.74, 6) is 0.678. The largest absolute Gasteiger partial charge is 0.342 e. The molecule has 0 aliphatic carbocycles. The van der Waals surface area contributed by atoms with E-state index in [0.29, 0.717) is 12.4 Å². The quantitative estimate of drug-likeness (QED) is 0.868. The standard InChI is InChI=1S/C16H22N4O2.ClH/c1-11-4-2-6-14(18-11)19-15(21)12-5-3-7-20(10-12)16(22)13-8-17-9-13;/h2,4,6,12-13,17H,3,5,7-10H2,1H3,(H,18,19,21);1H. The van der Waals surface area contributed by atoms with Crippen LogP contribution in [0.15, 0.2) is 18.2 Å². The molecule has 7 heteroatoms. The van der Waals surface area contributed by atoms with Crippen molar-refractivity contribution >= 4 is 30.0 Å². The Labute approximate surface area is 142 Å². The number of hydrogen-bond donors (Lipinski definition) is 2. The number of halogens is 1. The summed E-state index contributed by atoms with van der Waals surface area (Å²) in [5, 5.41) is 5.99. The summed E-state index contributed by atoms with van der Waals surface area (Å²) in [6.45, 7) is 4.71. The molecule has 1 unspecified atom stereocenters. The second kappa shape index (κ2) is 7.75. The molecular weight excluding hydrogens is 316 g/mol. The number of amides is 2. The maximum Gasteiger partial charge on any atom is 0.230 e. The third-order valence-electron chi connectivity index (χ3n) is 4.37. The van der Waals surface area contributed by atoms with Gasteiger partial charge in [-0.2, -0.15) is 0 Å². The highest BCUT2D eigenvalue weighted by Gasteiger charge is 2.34. The van der Waals surface area contributed by atoms with Gasteiger partial charge >= 0.3 is 0 Å². The molecule has 0 bridgehead atoms. The van der Waals surface area contributed by atoms with E-state index < -0.39 is 0 Å². The smallest absolute Gasteiger partial charge is 0.230 e. The van der Waals surface area contributed by atoms with E-state index in [-0.39, 0.29) is 36.1 Å². The van der Waals surface area contributed by atoms with E-state index >= 15 is 0 Å². The molecule has 2 amide bonds. The molecule has 2 saturated heterocycles. The van der Waals surface area contributed by atoms with Gasteiger partial charge in [-0.05, 0) is 31.9 Å². The number of piperidine rings is 1. The molecule has 2 N–H and O–H groups in total. The summed E-state index contributed by atoms with van der Waals surface area (Å²) < 4.78 is 0. The van der Waals surface area contributed by atoms with Crippen LogP contribution in [0.3, 0.4) is 0 Å². The maximum absolute atomic E-state index is 12.4. The summed E-state index contributed by atoms with van der Waals surface area (Å²) in [4.78, 5) is 30.8. The third kappa shape index (κ3) is 4.20. The lowest BCUT2D eigenvalue weighted by Crippen LogP contribution is -2.54. The zero-order valence-corrected chi connectivity index (χ0v) is 14.1. The van der Waals surface area contributed by atoms with Crippen molar-refractivity contribution in [3.63, 3.8) is 0 Å². The van der Waals surface area contributed by atoms with E-state index in [1.165, 1.54) is 0 Å². The Hall–Kier alpha value is -1.66. The summed E-state index contributed by atoms with van der Waals surface area (Å²) in [5.41, 5.74) is 0.871. The van der Waals surface area contributed by atoms with E-state index in [2.05, 4.69) is 15.6 Å². The molecule has 3 rings (SSSR count). The van der Waals surface area contributed by atoms with Crippen molar-refractivity contribution in [1.82, 2.24) is 15.2 Å². The number of aryl methyl sites for hydroxylation is 1. The first kappa shape index (κ1) is 17.7. The maximum atomic E-state index is 12.4. The summed E-state index contributed by atoms with van der Waals surface area (Å²) in [7, 11) is 0. The highest BCUT2D eigenvalue weighted by Crippen LogP contribution is 2.21. The van der Waals surface area contributed by atoms with Crippen LogP contribution in [0.1, 0.15) is 18.5 Å². The van der Waals surface area contributed by atoms with Gasteiger partial charge in [0, 0.05) is 31.9 Å². The molecule has 6 nitrogen and oxygen atoms in total. The molecule has 0 aromatic carbocycles. The Morgan fingerprint density at radius 1 is 1.30 bits per heavy atom. The fourth-order valence-corrected chi connectivity index (χ4v) is 2.95. The topological polar surface area (TPSA) is 74.3 Å². The normalized spacial score (nSPS) is 21.1. The zero-order valence-electron chi connectivity index (χ0n) is 13.2. The van der Waals surface area contributed by atoms with Crippen LogP contribution in [0.5, 0.6) is 0 Å². The Morgan fingerprint density at radius 2 is 2.09 bits per heavy atom. The monoisotopic (exact) mass is 338 g/mol. The number of carbonyl (C=O) groups excluding carboxylic acids is 2. The average Bonchev–Trinajstić information content (AvgIpc) is 2.45. The summed E-state index contributed by atoms with van der Waals surface area (Å²) in [6, 6.07) is 5.55. The molecular formula is C16H23ClN4O2. The van der Waals surface area contributed by atoms with Crippen molar-refractivity contribution in [1.29, 1.82) is 0 Å². The third-order valence-corrected chi connectivity index (χ3v) is 4.37. The number of likely N-dealkylation sites (tertiary alicyclic amines) is 1. The number of carbonyl (C=O) groups is 2. The second-order valence-corrected chi connectivity index (χ2v) is 6.13. The van der Waals surface area contributed by atoms with Crippen LogP contribution >= 0.6 is 12.4 Å². The minimum Gasteiger partial charge on any atom is -0.342 e. The molecule has 2 fully saturated rings. The van der Waals surface area contributed by atoms with Crippen LogP contribution in [0.2, 0.25) is 0 Å². The first-order chi connectivity index (χ1) is 10.6. The first-order valence-corrected chi connectivity index (χ1v) is 7.87.